The van der Waals surface area contributed by atoms with Crippen molar-refractivity contribution in [3.8, 4) is 22.8 Å². The second-order valence-electron chi connectivity index (χ2n) is 5.75. The minimum absolute atomic E-state index is 0.0382. The monoisotopic (exact) mass is 371 g/mol. The molecule has 10 nitrogen and oxygen atoms in total. The van der Waals surface area contributed by atoms with Crippen molar-refractivity contribution in [2.24, 2.45) is 5.73 Å². The molecule has 3 rings (SSSR count). The van der Waals surface area contributed by atoms with E-state index in [0.29, 0.717) is 34.4 Å². The summed E-state index contributed by atoms with van der Waals surface area (Å²) in [6.45, 7) is 2.00. The van der Waals surface area contributed by atoms with Crippen LogP contribution in [-0.4, -0.2) is 56.6 Å². The number of ether oxygens (including phenoxy) is 2. The molecule has 0 spiro atoms. The molecule has 1 atom stereocenters. The fourth-order valence-electron chi connectivity index (χ4n) is 2.31. The van der Waals surface area contributed by atoms with E-state index in [0.717, 1.165) is 5.69 Å². The first-order valence-electron chi connectivity index (χ1n) is 8.25. The summed E-state index contributed by atoms with van der Waals surface area (Å²) in [5.74, 6) is 2.06. The van der Waals surface area contributed by atoms with Gasteiger partial charge in [0.25, 0.3) is 0 Å². The average molecular weight is 371 g/mol. The molecule has 0 amide bonds. The van der Waals surface area contributed by atoms with Gasteiger partial charge in [-0.05, 0) is 6.92 Å². The van der Waals surface area contributed by atoms with Crippen molar-refractivity contribution in [1.29, 1.82) is 0 Å². The SMILES string of the molecule is COc1cncc(OC[C@@H](O)CN)c1-c1cc(Nc2cnc(C)cn2)n[nH]1. The maximum Gasteiger partial charge on any atom is 0.153 e. The van der Waals surface area contributed by atoms with Gasteiger partial charge in [0.15, 0.2) is 11.6 Å². The van der Waals surface area contributed by atoms with Crippen LogP contribution >= 0.6 is 0 Å². The first-order chi connectivity index (χ1) is 13.1. The third kappa shape index (κ3) is 4.49. The summed E-state index contributed by atoms with van der Waals surface area (Å²) in [6, 6.07) is 1.78. The Labute approximate surface area is 155 Å². The number of aromatic nitrogens is 5. The molecular weight excluding hydrogens is 350 g/mol. The van der Waals surface area contributed by atoms with Gasteiger partial charge in [-0.1, -0.05) is 0 Å². The van der Waals surface area contributed by atoms with E-state index < -0.39 is 6.10 Å². The van der Waals surface area contributed by atoms with Gasteiger partial charge in [0.05, 0.1) is 48.8 Å². The molecular formula is C17H21N7O3. The zero-order valence-electron chi connectivity index (χ0n) is 15.0. The molecule has 142 valence electrons. The van der Waals surface area contributed by atoms with Crippen molar-refractivity contribution < 1.29 is 14.6 Å². The molecule has 0 saturated carbocycles. The second kappa shape index (κ2) is 8.43. The molecule has 3 aromatic rings. The van der Waals surface area contributed by atoms with Crippen LogP contribution < -0.4 is 20.5 Å². The molecule has 27 heavy (non-hydrogen) atoms. The highest BCUT2D eigenvalue weighted by Gasteiger charge is 2.17. The molecule has 5 N–H and O–H groups in total. The first-order valence-corrected chi connectivity index (χ1v) is 8.25. The van der Waals surface area contributed by atoms with Crippen LogP contribution in [0, 0.1) is 6.92 Å². The Morgan fingerprint density at radius 2 is 2.00 bits per heavy atom. The number of aliphatic hydroxyl groups excluding tert-OH is 1. The zero-order chi connectivity index (χ0) is 19.2. The van der Waals surface area contributed by atoms with E-state index in [9.17, 15) is 5.11 Å². The Balaban J connectivity index is 1.86. The number of aryl methyl sites for hydroxylation is 1. The summed E-state index contributed by atoms with van der Waals surface area (Å²) in [5, 5.41) is 19.9. The quantitative estimate of drug-likeness (QED) is 0.456. The molecule has 0 aliphatic carbocycles. The largest absolute Gasteiger partial charge is 0.494 e. The van der Waals surface area contributed by atoms with Crippen molar-refractivity contribution in [3.05, 3.63) is 36.5 Å². The highest BCUT2D eigenvalue weighted by atomic mass is 16.5. The second-order valence-corrected chi connectivity index (χ2v) is 5.75. The van der Waals surface area contributed by atoms with Crippen molar-refractivity contribution in [1.82, 2.24) is 25.1 Å². The third-order valence-corrected chi connectivity index (χ3v) is 3.68. The highest BCUT2D eigenvalue weighted by Crippen LogP contribution is 2.37. The van der Waals surface area contributed by atoms with Crippen LogP contribution in [0.1, 0.15) is 5.69 Å². The van der Waals surface area contributed by atoms with Gasteiger partial charge in [0.1, 0.15) is 24.3 Å². The van der Waals surface area contributed by atoms with Gasteiger partial charge < -0.3 is 25.6 Å². The van der Waals surface area contributed by atoms with Crippen LogP contribution in [0.25, 0.3) is 11.3 Å². The number of hydrogen-bond donors (Lipinski definition) is 4. The molecule has 0 aromatic carbocycles. The van der Waals surface area contributed by atoms with E-state index in [-0.39, 0.29) is 13.2 Å². The van der Waals surface area contributed by atoms with E-state index in [2.05, 4.69) is 30.5 Å². The Bertz CT molecular complexity index is 882. The Kier molecular flexibility index (Phi) is 5.79. The summed E-state index contributed by atoms with van der Waals surface area (Å²) < 4.78 is 11.1. The van der Waals surface area contributed by atoms with E-state index in [4.69, 9.17) is 15.2 Å². The lowest BCUT2D eigenvalue weighted by Gasteiger charge is -2.14. The number of nitrogens with one attached hydrogen (secondary N) is 2. The Hall–Kier alpha value is -3.24. The third-order valence-electron chi connectivity index (χ3n) is 3.68. The van der Waals surface area contributed by atoms with Crippen LogP contribution in [0.4, 0.5) is 11.6 Å². The molecule has 0 unspecified atom stereocenters. The van der Waals surface area contributed by atoms with Gasteiger partial charge in [0.2, 0.25) is 0 Å². The average Bonchev–Trinajstić information content (AvgIpc) is 3.15. The van der Waals surface area contributed by atoms with Crippen molar-refractivity contribution in [2.45, 2.75) is 13.0 Å². The van der Waals surface area contributed by atoms with Crippen LogP contribution in [0.3, 0.4) is 0 Å². The maximum absolute atomic E-state index is 9.65. The predicted molar refractivity (Wildman–Crippen MR) is 99.0 cm³/mol. The summed E-state index contributed by atoms with van der Waals surface area (Å²) in [5.41, 5.74) is 7.53. The van der Waals surface area contributed by atoms with Crippen molar-refractivity contribution in [2.75, 3.05) is 25.6 Å². The van der Waals surface area contributed by atoms with Crippen molar-refractivity contribution in [3.63, 3.8) is 0 Å². The first kappa shape index (κ1) is 18.5. The molecule has 0 radical (unpaired) electrons. The lowest BCUT2D eigenvalue weighted by molar-refractivity contribution is 0.114. The minimum Gasteiger partial charge on any atom is -0.494 e. The fraction of sp³-hybridized carbons (Fsp3) is 0.294. The molecule has 0 saturated heterocycles. The lowest BCUT2D eigenvalue weighted by Crippen LogP contribution is -2.26. The van der Waals surface area contributed by atoms with Crippen LogP contribution in [0.15, 0.2) is 30.9 Å². The number of anilines is 2. The number of nitrogens with two attached hydrogens (primary N) is 1. The zero-order valence-corrected chi connectivity index (χ0v) is 15.0. The topological polar surface area (TPSA) is 144 Å². The molecule has 3 aromatic heterocycles. The molecule has 0 fully saturated rings. The summed E-state index contributed by atoms with van der Waals surface area (Å²) in [7, 11) is 1.54. The number of aliphatic hydroxyl groups is 1. The number of nitrogens with zero attached hydrogens (tertiary/aromatic N) is 4. The fourth-order valence-corrected chi connectivity index (χ4v) is 2.31. The van der Waals surface area contributed by atoms with E-state index in [1.54, 1.807) is 30.9 Å². The molecule has 10 heteroatoms. The minimum atomic E-state index is -0.775. The standard InChI is InChI=1S/C17H21N7O3/c1-10-5-21-16(8-20-10)22-15-3-12(23-24-15)17-13(26-2)6-19-7-14(17)27-9-11(25)4-18/h3,5-8,11,25H,4,9,18H2,1-2H3,(H2,21,22,23,24)/t11-/m0/s1. The molecule has 3 heterocycles. The maximum atomic E-state index is 9.65. The molecule has 0 aliphatic rings. The van der Waals surface area contributed by atoms with Gasteiger partial charge in [-0.3, -0.25) is 15.1 Å². The molecule has 0 aliphatic heterocycles. The number of H-pyrrole nitrogens is 1. The Morgan fingerprint density at radius 1 is 1.19 bits per heavy atom. The molecule has 0 bridgehead atoms. The highest BCUT2D eigenvalue weighted by molar-refractivity contribution is 5.75. The predicted octanol–water partition coefficient (Wildman–Crippen LogP) is 1.02. The van der Waals surface area contributed by atoms with Gasteiger partial charge in [0, 0.05) is 12.6 Å². The smallest absolute Gasteiger partial charge is 0.153 e. The lowest BCUT2D eigenvalue weighted by atomic mass is 10.1. The number of aromatic amines is 1. The van der Waals surface area contributed by atoms with Crippen molar-refractivity contribution >= 4 is 11.6 Å². The van der Waals surface area contributed by atoms with Crippen LogP contribution in [0.2, 0.25) is 0 Å². The van der Waals surface area contributed by atoms with Gasteiger partial charge in [-0.2, -0.15) is 5.10 Å². The Morgan fingerprint density at radius 3 is 2.70 bits per heavy atom. The van der Waals surface area contributed by atoms with Crippen LogP contribution in [-0.2, 0) is 0 Å². The van der Waals surface area contributed by atoms with Gasteiger partial charge in [-0.25, -0.2) is 4.98 Å². The normalized spacial score (nSPS) is 11.9. The summed E-state index contributed by atoms with van der Waals surface area (Å²) >= 11 is 0. The van der Waals surface area contributed by atoms with E-state index in [1.165, 1.54) is 7.11 Å². The van der Waals surface area contributed by atoms with Crippen LogP contribution in [0.5, 0.6) is 11.5 Å². The number of hydrogen-bond acceptors (Lipinski definition) is 9. The summed E-state index contributed by atoms with van der Waals surface area (Å²) in [4.78, 5) is 12.5. The number of rotatable bonds is 8. The van der Waals surface area contributed by atoms with E-state index in [1.807, 2.05) is 6.92 Å². The summed E-state index contributed by atoms with van der Waals surface area (Å²) in [6.07, 6.45) is 5.63. The van der Waals surface area contributed by atoms with Gasteiger partial charge >= 0.3 is 0 Å². The van der Waals surface area contributed by atoms with Gasteiger partial charge in [-0.15, -0.1) is 0 Å². The number of pyridine rings is 1. The van der Waals surface area contributed by atoms with E-state index >= 15 is 0 Å². The number of methoxy groups -OCH3 is 1.